The summed E-state index contributed by atoms with van der Waals surface area (Å²) in [7, 11) is 0. The van der Waals surface area contributed by atoms with E-state index in [2.05, 4.69) is 10.3 Å². The number of hydrogen-bond donors (Lipinski definition) is 3. The third-order valence-electron chi connectivity index (χ3n) is 3.27. The van der Waals surface area contributed by atoms with Crippen LogP contribution in [0.2, 0.25) is 0 Å². The first kappa shape index (κ1) is 11.7. The lowest BCUT2D eigenvalue weighted by Gasteiger charge is -2.27. The Morgan fingerprint density at radius 1 is 1.59 bits per heavy atom. The Bertz CT molecular complexity index is 489. The minimum atomic E-state index is -1.11. The number of hydrogen-bond acceptors (Lipinski definition) is 2. The van der Waals surface area contributed by atoms with Gasteiger partial charge in [-0.3, -0.25) is 4.79 Å². The zero-order valence-corrected chi connectivity index (χ0v) is 9.75. The number of rotatable bonds is 3. The molecule has 1 aromatic heterocycles. The summed E-state index contributed by atoms with van der Waals surface area (Å²) < 4.78 is 0. The molecule has 3 N–H and O–H groups in total. The summed E-state index contributed by atoms with van der Waals surface area (Å²) >= 11 is 0. The Labute approximate surface area is 98.9 Å². The van der Waals surface area contributed by atoms with Crippen LogP contribution in [0.1, 0.15) is 42.0 Å². The van der Waals surface area contributed by atoms with Gasteiger partial charge in [0, 0.05) is 11.3 Å². The summed E-state index contributed by atoms with van der Waals surface area (Å²) in [6.45, 7) is 1.93. The standard InChI is InChI=1S/C12H16N2O3/c1-7-5-9(8-3-2-4-8)10(11(15)14-7)6-13-12(16)17/h5,8,13H,2-4,6H2,1H3,(H,14,15)(H,16,17). The van der Waals surface area contributed by atoms with Crippen LogP contribution in [0.3, 0.4) is 0 Å². The van der Waals surface area contributed by atoms with Crippen molar-refractivity contribution < 1.29 is 9.90 Å². The van der Waals surface area contributed by atoms with Crippen LogP contribution in [0.15, 0.2) is 10.9 Å². The molecule has 1 fully saturated rings. The quantitative estimate of drug-likeness (QED) is 0.747. The molecule has 0 bridgehead atoms. The first-order valence-corrected chi connectivity index (χ1v) is 5.77. The lowest BCUT2D eigenvalue weighted by molar-refractivity contribution is 0.194. The van der Waals surface area contributed by atoms with E-state index < -0.39 is 6.09 Å². The summed E-state index contributed by atoms with van der Waals surface area (Å²) in [6, 6.07) is 1.96. The Morgan fingerprint density at radius 2 is 2.29 bits per heavy atom. The van der Waals surface area contributed by atoms with Crippen molar-refractivity contribution in [3.05, 3.63) is 33.2 Å². The molecule has 0 unspecified atom stereocenters. The number of pyridine rings is 1. The molecule has 92 valence electrons. The average molecular weight is 236 g/mol. The Morgan fingerprint density at radius 3 is 2.82 bits per heavy atom. The van der Waals surface area contributed by atoms with Crippen molar-refractivity contribution >= 4 is 6.09 Å². The van der Waals surface area contributed by atoms with Gasteiger partial charge >= 0.3 is 6.09 Å². The minimum Gasteiger partial charge on any atom is -0.465 e. The van der Waals surface area contributed by atoms with Crippen molar-refractivity contribution in [1.82, 2.24) is 10.3 Å². The molecule has 0 saturated heterocycles. The topological polar surface area (TPSA) is 82.2 Å². The molecule has 0 aromatic carbocycles. The molecule has 2 rings (SSSR count). The molecule has 5 nitrogen and oxygen atoms in total. The van der Waals surface area contributed by atoms with Gasteiger partial charge in [-0.05, 0) is 37.3 Å². The predicted octanol–water partition coefficient (Wildman–Crippen LogP) is 1.72. The van der Waals surface area contributed by atoms with Crippen molar-refractivity contribution in [2.24, 2.45) is 0 Å². The Hall–Kier alpha value is -1.78. The van der Waals surface area contributed by atoms with Crippen LogP contribution in [0.25, 0.3) is 0 Å². The maximum absolute atomic E-state index is 11.8. The zero-order chi connectivity index (χ0) is 12.4. The van der Waals surface area contributed by atoms with Crippen molar-refractivity contribution in [2.45, 2.75) is 38.6 Å². The highest BCUT2D eigenvalue weighted by atomic mass is 16.4. The van der Waals surface area contributed by atoms with Gasteiger partial charge in [0.2, 0.25) is 0 Å². The van der Waals surface area contributed by atoms with Crippen molar-refractivity contribution in [3.63, 3.8) is 0 Å². The molecule has 1 aliphatic rings. The van der Waals surface area contributed by atoms with Crippen LogP contribution >= 0.6 is 0 Å². The van der Waals surface area contributed by atoms with E-state index in [-0.39, 0.29) is 12.1 Å². The second kappa shape index (κ2) is 4.61. The summed E-state index contributed by atoms with van der Waals surface area (Å²) in [5, 5.41) is 10.9. The lowest BCUT2D eigenvalue weighted by atomic mass is 9.78. The van der Waals surface area contributed by atoms with Crippen LogP contribution in [-0.2, 0) is 6.54 Å². The summed E-state index contributed by atoms with van der Waals surface area (Å²) in [5.41, 5.74) is 2.21. The molecule has 1 heterocycles. The Kier molecular flexibility index (Phi) is 3.17. The highest BCUT2D eigenvalue weighted by Gasteiger charge is 2.24. The SMILES string of the molecule is Cc1cc(C2CCC2)c(CNC(=O)O)c(=O)[nH]1. The Balaban J connectivity index is 2.33. The fourth-order valence-corrected chi connectivity index (χ4v) is 2.17. The van der Waals surface area contributed by atoms with Gasteiger partial charge in [-0.1, -0.05) is 6.42 Å². The molecule has 5 heteroatoms. The second-order valence-corrected chi connectivity index (χ2v) is 4.50. The fraction of sp³-hybridized carbons (Fsp3) is 0.500. The van der Waals surface area contributed by atoms with E-state index in [9.17, 15) is 9.59 Å². The molecule has 0 aliphatic heterocycles. The van der Waals surface area contributed by atoms with Crippen LogP contribution < -0.4 is 10.9 Å². The van der Waals surface area contributed by atoms with Crippen LogP contribution in [0, 0.1) is 6.92 Å². The van der Waals surface area contributed by atoms with Gasteiger partial charge < -0.3 is 15.4 Å². The highest BCUT2D eigenvalue weighted by Crippen LogP contribution is 2.37. The van der Waals surface area contributed by atoms with E-state index >= 15 is 0 Å². The van der Waals surface area contributed by atoms with Crippen LogP contribution in [0.5, 0.6) is 0 Å². The van der Waals surface area contributed by atoms with E-state index in [1.54, 1.807) is 0 Å². The molecule has 1 aliphatic carbocycles. The summed E-state index contributed by atoms with van der Waals surface area (Å²) in [4.78, 5) is 25.0. The number of H-pyrrole nitrogens is 1. The molecule has 0 radical (unpaired) electrons. The van der Waals surface area contributed by atoms with Gasteiger partial charge in [0.05, 0.1) is 6.54 Å². The number of nitrogens with one attached hydrogen (secondary N) is 2. The maximum Gasteiger partial charge on any atom is 0.404 e. The third kappa shape index (κ3) is 2.49. The smallest absolute Gasteiger partial charge is 0.404 e. The number of aromatic nitrogens is 1. The van der Waals surface area contributed by atoms with Crippen molar-refractivity contribution in [2.75, 3.05) is 0 Å². The molecule has 17 heavy (non-hydrogen) atoms. The van der Waals surface area contributed by atoms with E-state index in [0.717, 1.165) is 24.1 Å². The number of aromatic amines is 1. The maximum atomic E-state index is 11.8. The lowest BCUT2D eigenvalue weighted by Crippen LogP contribution is -2.28. The van der Waals surface area contributed by atoms with E-state index in [4.69, 9.17) is 5.11 Å². The molecule has 0 spiro atoms. The van der Waals surface area contributed by atoms with Crippen molar-refractivity contribution in [1.29, 1.82) is 0 Å². The van der Waals surface area contributed by atoms with E-state index in [0.29, 0.717) is 11.5 Å². The minimum absolute atomic E-state index is 0.0801. The number of carboxylic acid groups (broad SMARTS) is 1. The summed E-state index contributed by atoms with van der Waals surface area (Å²) in [5.74, 6) is 0.418. The third-order valence-corrected chi connectivity index (χ3v) is 3.27. The van der Waals surface area contributed by atoms with Gasteiger partial charge in [-0.2, -0.15) is 0 Å². The first-order chi connectivity index (χ1) is 8.08. The summed E-state index contributed by atoms with van der Waals surface area (Å²) in [6.07, 6.45) is 2.25. The fourth-order valence-electron chi connectivity index (χ4n) is 2.17. The second-order valence-electron chi connectivity index (χ2n) is 4.50. The first-order valence-electron chi connectivity index (χ1n) is 5.77. The van der Waals surface area contributed by atoms with Gasteiger partial charge in [-0.25, -0.2) is 4.79 Å². The number of amides is 1. The van der Waals surface area contributed by atoms with E-state index in [1.165, 1.54) is 6.42 Å². The number of carbonyl (C=O) groups is 1. The van der Waals surface area contributed by atoms with Gasteiger partial charge in [0.25, 0.3) is 5.56 Å². The van der Waals surface area contributed by atoms with Crippen molar-refractivity contribution in [3.8, 4) is 0 Å². The molecular weight excluding hydrogens is 220 g/mol. The molecule has 1 aromatic rings. The van der Waals surface area contributed by atoms with Gasteiger partial charge in [0.1, 0.15) is 0 Å². The predicted molar refractivity (Wildman–Crippen MR) is 63.3 cm³/mol. The average Bonchev–Trinajstić information content (AvgIpc) is 2.12. The van der Waals surface area contributed by atoms with Gasteiger partial charge in [0.15, 0.2) is 0 Å². The van der Waals surface area contributed by atoms with Gasteiger partial charge in [-0.15, -0.1) is 0 Å². The molecular formula is C12H16N2O3. The van der Waals surface area contributed by atoms with E-state index in [1.807, 2.05) is 13.0 Å². The monoisotopic (exact) mass is 236 g/mol. The van der Waals surface area contributed by atoms with Crippen LogP contribution in [-0.4, -0.2) is 16.2 Å². The molecule has 1 amide bonds. The molecule has 1 saturated carbocycles. The number of aryl methyl sites for hydroxylation is 1. The molecule has 0 atom stereocenters. The zero-order valence-electron chi connectivity index (χ0n) is 9.75. The normalized spacial score (nSPS) is 15.4. The highest BCUT2D eigenvalue weighted by molar-refractivity contribution is 5.64. The van der Waals surface area contributed by atoms with Crippen LogP contribution in [0.4, 0.5) is 4.79 Å². The largest absolute Gasteiger partial charge is 0.465 e.